The SMILES string of the molecule is Brc1nc(Br)nc(C2CCC2)n1. The molecule has 0 unspecified atom stereocenters. The minimum Gasteiger partial charge on any atom is -0.207 e. The van der Waals surface area contributed by atoms with E-state index in [1.807, 2.05) is 0 Å². The molecule has 64 valence electrons. The van der Waals surface area contributed by atoms with Crippen LogP contribution in [0.1, 0.15) is 31.0 Å². The summed E-state index contributed by atoms with van der Waals surface area (Å²) < 4.78 is 1.23. The fourth-order valence-electron chi connectivity index (χ4n) is 1.19. The molecule has 0 N–H and O–H groups in total. The summed E-state index contributed by atoms with van der Waals surface area (Å²) in [7, 11) is 0. The standard InChI is InChI=1S/C7H7Br2N3/c8-6-10-5(4-2-1-3-4)11-7(9)12-6/h4H,1-3H2. The zero-order valence-electron chi connectivity index (χ0n) is 6.30. The molecule has 0 radical (unpaired) electrons. The number of hydrogen-bond acceptors (Lipinski definition) is 3. The van der Waals surface area contributed by atoms with E-state index >= 15 is 0 Å². The lowest BCUT2D eigenvalue weighted by molar-refractivity contribution is 0.398. The second-order valence-corrected chi connectivity index (χ2v) is 4.28. The van der Waals surface area contributed by atoms with Gasteiger partial charge >= 0.3 is 0 Å². The van der Waals surface area contributed by atoms with Gasteiger partial charge in [0.05, 0.1) is 0 Å². The van der Waals surface area contributed by atoms with Crippen LogP contribution in [0.5, 0.6) is 0 Å². The number of hydrogen-bond donors (Lipinski definition) is 0. The molecule has 1 heterocycles. The Hall–Kier alpha value is -0.0300. The molecule has 2 rings (SSSR count). The summed E-state index contributed by atoms with van der Waals surface area (Å²) >= 11 is 6.48. The average Bonchev–Trinajstić information content (AvgIpc) is 1.79. The van der Waals surface area contributed by atoms with Crippen molar-refractivity contribution in [1.82, 2.24) is 15.0 Å². The predicted octanol–water partition coefficient (Wildman–Crippen LogP) is 2.66. The van der Waals surface area contributed by atoms with Gasteiger partial charge in [-0.05, 0) is 44.7 Å². The van der Waals surface area contributed by atoms with Gasteiger partial charge in [0.1, 0.15) is 5.82 Å². The van der Waals surface area contributed by atoms with Crippen LogP contribution in [0.3, 0.4) is 0 Å². The molecule has 5 heteroatoms. The Labute approximate surface area is 87.3 Å². The van der Waals surface area contributed by atoms with E-state index in [2.05, 4.69) is 46.8 Å². The first kappa shape index (κ1) is 8.56. The fourth-order valence-corrected chi connectivity index (χ4v) is 2.13. The summed E-state index contributed by atoms with van der Waals surface area (Å²) in [5.74, 6) is 1.47. The van der Waals surface area contributed by atoms with Crippen LogP contribution >= 0.6 is 31.9 Å². The van der Waals surface area contributed by atoms with Crippen LogP contribution in [0.4, 0.5) is 0 Å². The van der Waals surface area contributed by atoms with E-state index < -0.39 is 0 Å². The molecule has 12 heavy (non-hydrogen) atoms. The van der Waals surface area contributed by atoms with Crippen molar-refractivity contribution in [2.75, 3.05) is 0 Å². The van der Waals surface area contributed by atoms with Crippen LogP contribution in [-0.4, -0.2) is 15.0 Å². The zero-order chi connectivity index (χ0) is 8.55. The fraction of sp³-hybridized carbons (Fsp3) is 0.571. The van der Waals surface area contributed by atoms with Crippen LogP contribution in [0.15, 0.2) is 9.47 Å². The van der Waals surface area contributed by atoms with Gasteiger partial charge in [-0.25, -0.2) is 9.97 Å². The van der Waals surface area contributed by atoms with Gasteiger partial charge in [0.2, 0.25) is 9.47 Å². The van der Waals surface area contributed by atoms with Crippen LogP contribution < -0.4 is 0 Å². The molecule has 1 fully saturated rings. The van der Waals surface area contributed by atoms with Gasteiger partial charge in [-0.1, -0.05) is 6.42 Å². The minimum absolute atomic E-state index is 0.556. The number of aromatic nitrogens is 3. The minimum atomic E-state index is 0.556. The highest BCUT2D eigenvalue weighted by atomic mass is 79.9. The van der Waals surface area contributed by atoms with Gasteiger partial charge in [-0.15, -0.1) is 0 Å². The van der Waals surface area contributed by atoms with Crippen LogP contribution in [0, 0.1) is 0 Å². The largest absolute Gasteiger partial charge is 0.207 e. The van der Waals surface area contributed by atoms with Crippen molar-refractivity contribution >= 4 is 31.9 Å². The highest BCUT2D eigenvalue weighted by molar-refractivity contribution is 9.11. The first-order valence-corrected chi connectivity index (χ1v) is 5.41. The van der Waals surface area contributed by atoms with E-state index in [0.29, 0.717) is 15.4 Å². The predicted molar refractivity (Wildman–Crippen MR) is 51.8 cm³/mol. The van der Waals surface area contributed by atoms with Crippen LogP contribution in [-0.2, 0) is 0 Å². The van der Waals surface area contributed by atoms with Crippen molar-refractivity contribution in [1.29, 1.82) is 0 Å². The Morgan fingerprint density at radius 1 is 1.00 bits per heavy atom. The smallest absolute Gasteiger partial charge is 0.200 e. The van der Waals surface area contributed by atoms with Crippen molar-refractivity contribution < 1.29 is 0 Å². The summed E-state index contributed by atoms with van der Waals surface area (Å²) in [6.07, 6.45) is 3.72. The van der Waals surface area contributed by atoms with Crippen molar-refractivity contribution in [3.05, 3.63) is 15.3 Å². The van der Waals surface area contributed by atoms with Gasteiger partial charge in [0.25, 0.3) is 0 Å². The molecule has 0 amide bonds. The lowest BCUT2D eigenvalue weighted by atomic mass is 9.85. The molecule has 0 aliphatic heterocycles. The molecule has 3 nitrogen and oxygen atoms in total. The second-order valence-electron chi connectivity index (χ2n) is 2.86. The summed E-state index contributed by atoms with van der Waals surface area (Å²) in [5.41, 5.74) is 0. The summed E-state index contributed by atoms with van der Waals surface area (Å²) in [6.45, 7) is 0. The third-order valence-electron chi connectivity index (χ3n) is 2.07. The van der Waals surface area contributed by atoms with Crippen molar-refractivity contribution in [3.63, 3.8) is 0 Å². The maximum atomic E-state index is 4.22. The van der Waals surface area contributed by atoms with Crippen LogP contribution in [0.25, 0.3) is 0 Å². The summed E-state index contributed by atoms with van der Waals surface area (Å²) in [6, 6.07) is 0. The monoisotopic (exact) mass is 291 g/mol. The summed E-state index contributed by atoms with van der Waals surface area (Å²) in [5, 5.41) is 0. The topological polar surface area (TPSA) is 38.7 Å². The van der Waals surface area contributed by atoms with Crippen molar-refractivity contribution in [3.8, 4) is 0 Å². The molecule has 0 spiro atoms. The third kappa shape index (κ3) is 1.66. The van der Waals surface area contributed by atoms with E-state index in [0.717, 1.165) is 5.82 Å². The zero-order valence-corrected chi connectivity index (χ0v) is 9.47. The Kier molecular flexibility index (Phi) is 2.41. The van der Waals surface area contributed by atoms with Crippen LogP contribution in [0.2, 0.25) is 0 Å². The molecule has 1 aromatic heterocycles. The highest BCUT2D eigenvalue weighted by Gasteiger charge is 2.22. The molecule has 1 saturated carbocycles. The summed E-state index contributed by atoms with van der Waals surface area (Å²) in [4.78, 5) is 12.4. The third-order valence-corrected chi connectivity index (χ3v) is 2.78. The van der Waals surface area contributed by atoms with E-state index in [9.17, 15) is 0 Å². The quantitative estimate of drug-likeness (QED) is 0.799. The Morgan fingerprint density at radius 2 is 1.58 bits per heavy atom. The first-order chi connectivity index (χ1) is 5.75. The first-order valence-electron chi connectivity index (χ1n) is 3.82. The Morgan fingerprint density at radius 3 is 2.00 bits per heavy atom. The van der Waals surface area contributed by atoms with Crippen molar-refractivity contribution in [2.45, 2.75) is 25.2 Å². The van der Waals surface area contributed by atoms with Gasteiger partial charge in [-0.3, -0.25) is 0 Å². The lowest BCUT2D eigenvalue weighted by Crippen LogP contribution is -2.13. The molecule has 0 saturated heterocycles. The molecule has 1 aliphatic carbocycles. The van der Waals surface area contributed by atoms with E-state index in [1.54, 1.807) is 0 Å². The van der Waals surface area contributed by atoms with Gasteiger partial charge in [0, 0.05) is 5.92 Å². The maximum Gasteiger partial charge on any atom is 0.200 e. The molecule has 1 aliphatic rings. The molecule has 1 aromatic rings. The van der Waals surface area contributed by atoms with Crippen molar-refractivity contribution in [2.24, 2.45) is 0 Å². The Bertz CT molecular complexity index is 278. The highest BCUT2D eigenvalue weighted by Crippen LogP contribution is 2.34. The van der Waals surface area contributed by atoms with E-state index in [1.165, 1.54) is 19.3 Å². The average molecular weight is 293 g/mol. The van der Waals surface area contributed by atoms with E-state index in [-0.39, 0.29) is 0 Å². The maximum absolute atomic E-state index is 4.22. The normalized spacial score (nSPS) is 17.5. The van der Waals surface area contributed by atoms with Gasteiger partial charge in [-0.2, -0.15) is 4.98 Å². The molecular formula is C7H7Br2N3. The van der Waals surface area contributed by atoms with Gasteiger partial charge in [0.15, 0.2) is 0 Å². The molecule has 0 bridgehead atoms. The number of nitrogens with zero attached hydrogens (tertiary/aromatic N) is 3. The molecule has 0 atom stereocenters. The molecule has 0 aromatic carbocycles. The second kappa shape index (κ2) is 3.38. The number of rotatable bonds is 1. The Balaban J connectivity index is 2.30. The lowest BCUT2D eigenvalue weighted by Gasteiger charge is -2.23. The molecular weight excluding hydrogens is 286 g/mol. The van der Waals surface area contributed by atoms with Gasteiger partial charge < -0.3 is 0 Å². The van der Waals surface area contributed by atoms with E-state index in [4.69, 9.17) is 0 Å². The number of halogens is 2.